The Hall–Kier alpha value is -1.16. The first-order valence-electron chi connectivity index (χ1n) is 6.21. The Kier molecular flexibility index (Phi) is 5.35. The normalized spacial score (nSPS) is 13.0. The molecule has 1 aromatic heterocycles. The topological polar surface area (TPSA) is 44.1 Å². The second kappa shape index (κ2) is 6.55. The second-order valence-corrected chi connectivity index (χ2v) is 4.28. The lowest BCUT2D eigenvalue weighted by molar-refractivity contribution is -0.127. The number of ether oxygens (including phenoxy) is 1. The third kappa shape index (κ3) is 3.66. The van der Waals surface area contributed by atoms with E-state index in [0.29, 0.717) is 12.5 Å². The molecule has 0 spiro atoms. The van der Waals surface area contributed by atoms with Crippen molar-refractivity contribution >= 4 is 5.78 Å². The fourth-order valence-electron chi connectivity index (χ4n) is 1.79. The van der Waals surface area contributed by atoms with Crippen molar-refractivity contribution < 1.29 is 9.53 Å². The van der Waals surface area contributed by atoms with Crippen LogP contribution in [0.2, 0.25) is 0 Å². The van der Waals surface area contributed by atoms with E-state index in [1.165, 1.54) is 0 Å². The summed E-state index contributed by atoms with van der Waals surface area (Å²) in [6.45, 7) is 6.06. The standard InChI is InChI=1S/C13H22N2O2/c1-5-12(6-2)15-8-7-11(14-15)9-13(16)10(3)17-4/h7-8,10,12H,5-6,9H2,1-4H3. The Bertz CT molecular complexity index is 356. The van der Waals surface area contributed by atoms with Gasteiger partial charge in [0.25, 0.3) is 0 Å². The van der Waals surface area contributed by atoms with Crippen molar-refractivity contribution in [1.29, 1.82) is 0 Å². The lowest BCUT2D eigenvalue weighted by Crippen LogP contribution is -2.21. The highest BCUT2D eigenvalue weighted by Gasteiger charge is 2.15. The summed E-state index contributed by atoms with van der Waals surface area (Å²) in [6, 6.07) is 2.34. The summed E-state index contributed by atoms with van der Waals surface area (Å²) in [4.78, 5) is 11.7. The summed E-state index contributed by atoms with van der Waals surface area (Å²) in [5, 5.41) is 4.45. The maximum Gasteiger partial charge on any atom is 0.167 e. The highest BCUT2D eigenvalue weighted by Crippen LogP contribution is 2.14. The molecule has 1 atom stereocenters. The Morgan fingerprint density at radius 1 is 1.47 bits per heavy atom. The van der Waals surface area contributed by atoms with Gasteiger partial charge in [-0.05, 0) is 25.8 Å². The van der Waals surface area contributed by atoms with Gasteiger partial charge in [-0.1, -0.05) is 13.8 Å². The van der Waals surface area contributed by atoms with Gasteiger partial charge in [0.2, 0.25) is 0 Å². The molecule has 4 heteroatoms. The molecule has 17 heavy (non-hydrogen) atoms. The Labute approximate surface area is 103 Å². The van der Waals surface area contributed by atoms with E-state index in [1.807, 2.05) is 16.9 Å². The fraction of sp³-hybridized carbons (Fsp3) is 0.692. The van der Waals surface area contributed by atoms with Crippen molar-refractivity contribution in [2.75, 3.05) is 7.11 Å². The van der Waals surface area contributed by atoms with Gasteiger partial charge < -0.3 is 4.74 Å². The number of carbonyl (C=O) groups excluding carboxylic acids is 1. The van der Waals surface area contributed by atoms with Gasteiger partial charge in [0, 0.05) is 13.3 Å². The van der Waals surface area contributed by atoms with Crippen LogP contribution in [0.3, 0.4) is 0 Å². The van der Waals surface area contributed by atoms with Crippen LogP contribution in [0, 0.1) is 0 Å². The van der Waals surface area contributed by atoms with Gasteiger partial charge in [-0.25, -0.2) is 0 Å². The minimum Gasteiger partial charge on any atom is -0.374 e. The van der Waals surface area contributed by atoms with Gasteiger partial charge in [0.1, 0.15) is 6.10 Å². The van der Waals surface area contributed by atoms with E-state index in [4.69, 9.17) is 4.74 Å². The van der Waals surface area contributed by atoms with Crippen LogP contribution in [0.5, 0.6) is 0 Å². The van der Waals surface area contributed by atoms with Crippen LogP contribution in [-0.4, -0.2) is 28.8 Å². The summed E-state index contributed by atoms with van der Waals surface area (Å²) in [7, 11) is 1.55. The monoisotopic (exact) mass is 238 g/mol. The van der Waals surface area contributed by atoms with Crippen LogP contribution in [-0.2, 0) is 16.0 Å². The number of rotatable bonds is 7. The molecular weight excluding hydrogens is 216 g/mol. The molecule has 0 N–H and O–H groups in total. The maximum absolute atomic E-state index is 11.7. The van der Waals surface area contributed by atoms with E-state index in [1.54, 1.807) is 14.0 Å². The minimum atomic E-state index is -0.353. The van der Waals surface area contributed by atoms with Gasteiger partial charge in [-0.2, -0.15) is 5.10 Å². The molecule has 0 aliphatic carbocycles. The van der Waals surface area contributed by atoms with Gasteiger partial charge in [0.05, 0.1) is 18.2 Å². The van der Waals surface area contributed by atoms with Gasteiger partial charge in [0.15, 0.2) is 5.78 Å². The minimum absolute atomic E-state index is 0.0716. The van der Waals surface area contributed by atoms with Gasteiger partial charge in [-0.15, -0.1) is 0 Å². The molecule has 1 heterocycles. The SMILES string of the molecule is CCC(CC)n1ccc(CC(=O)C(C)OC)n1. The van der Waals surface area contributed by atoms with Crippen molar-refractivity contribution in [1.82, 2.24) is 9.78 Å². The highest BCUT2D eigenvalue weighted by atomic mass is 16.5. The van der Waals surface area contributed by atoms with Gasteiger partial charge >= 0.3 is 0 Å². The van der Waals surface area contributed by atoms with Crippen molar-refractivity contribution in [3.63, 3.8) is 0 Å². The Morgan fingerprint density at radius 2 is 2.12 bits per heavy atom. The van der Waals surface area contributed by atoms with Crippen LogP contribution < -0.4 is 0 Å². The van der Waals surface area contributed by atoms with Crippen LogP contribution >= 0.6 is 0 Å². The average Bonchev–Trinajstić information content (AvgIpc) is 2.78. The zero-order valence-electron chi connectivity index (χ0n) is 11.1. The van der Waals surface area contributed by atoms with Gasteiger partial charge in [-0.3, -0.25) is 9.48 Å². The van der Waals surface area contributed by atoms with Crippen LogP contribution in [0.25, 0.3) is 0 Å². The Balaban J connectivity index is 2.65. The van der Waals surface area contributed by atoms with E-state index >= 15 is 0 Å². The molecular formula is C13H22N2O2. The first kappa shape index (κ1) is 13.9. The lowest BCUT2D eigenvalue weighted by atomic mass is 10.1. The summed E-state index contributed by atoms with van der Waals surface area (Å²) < 4.78 is 6.96. The van der Waals surface area contributed by atoms with E-state index in [-0.39, 0.29) is 11.9 Å². The molecule has 0 bridgehead atoms. The molecule has 96 valence electrons. The number of Topliss-reactive ketones (excluding diaryl/α,β-unsaturated/α-hetero) is 1. The predicted molar refractivity (Wildman–Crippen MR) is 67.0 cm³/mol. The molecule has 0 saturated heterocycles. The lowest BCUT2D eigenvalue weighted by Gasteiger charge is -2.12. The molecule has 0 aliphatic heterocycles. The number of aromatic nitrogens is 2. The molecule has 4 nitrogen and oxygen atoms in total. The maximum atomic E-state index is 11.7. The second-order valence-electron chi connectivity index (χ2n) is 4.28. The number of hydrogen-bond acceptors (Lipinski definition) is 3. The number of nitrogens with zero attached hydrogens (tertiary/aromatic N) is 2. The van der Waals surface area contributed by atoms with Crippen LogP contribution in [0.15, 0.2) is 12.3 Å². The summed E-state index contributed by atoms with van der Waals surface area (Å²) in [6.07, 6.45) is 4.06. The zero-order valence-corrected chi connectivity index (χ0v) is 11.1. The van der Waals surface area contributed by atoms with Crippen molar-refractivity contribution in [2.45, 2.75) is 52.2 Å². The summed E-state index contributed by atoms with van der Waals surface area (Å²) in [5.74, 6) is 0.0716. The van der Waals surface area contributed by atoms with Crippen molar-refractivity contribution in [2.24, 2.45) is 0 Å². The molecule has 0 radical (unpaired) electrons. The molecule has 0 amide bonds. The molecule has 0 fully saturated rings. The van der Waals surface area contributed by atoms with Crippen molar-refractivity contribution in [3.8, 4) is 0 Å². The Morgan fingerprint density at radius 3 is 2.65 bits per heavy atom. The number of ketones is 1. The number of hydrogen-bond donors (Lipinski definition) is 0. The third-order valence-electron chi connectivity index (χ3n) is 3.14. The molecule has 0 aliphatic rings. The largest absolute Gasteiger partial charge is 0.374 e. The zero-order chi connectivity index (χ0) is 12.8. The molecule has 1 aromatic rings. The molecule has 0 aromatic carbocycles. The van der Waals surface area contributed by atoms with E-state index in [9.17, 15) is 4.79 Å². The fourth-order valence-corrected chi connectivity index (χ4v) is 1.79. The van der Waals surface area contributed by atoms with Crippen LogP contribution in [0.4, 0.5) is 0 Å². The predicted octanol–water partition coefficient (Wildman–Crippen LogP) is 2.39. The van der Waals surface area contributed by atoms with Crippen molar-refractivity contribution in [3.05, 3.63) is 18.0 Å². The molecule has 1 rings (SSSR count). The van der Waals surface area contributed by atoms with E-state index in [2.05, 4.69) is 18.9 Å². The molecule has 1 unspecified atom stereocenters. The number of methoxy groups -OCH3 is 1. The highest BCUT2D eigenvalue weighted by molar-refractivity contribution is 5.84. The number of carbonyl (C=O) groups is 1. The molecule has 0 saturated carbocycles. The van der Waals surface area contributed by atoms with E-state index < -0.39 is 0 Å². The van der Waals surface area contributed by atoms with E-state index in [0.717, 1.165) is 18.5 Å². The third-order valence-corrected chi connectivity index (χ3v) is 3.14. The average molecular weight is 238 g/mol. The summed E-state index contributed by atoms with van der Waals surface area (Å²) in [5.41, 5.74) is 0.825. The first-order valence-corrected chi connectivity index (χ1v) is 6.21. The smallest absolute Gasteiger partial charge is 0.167 e. The summed E-state index contributed by atoms with van der Waals surface area (Å²) >= 11 is 0. The quantitative estimate of drug-likeness (QED) is 0.732. The van der Waals surface area contributed by atoms with Crippen LogP contribution in [0.1, 0.15) is 45.3 Å². The first-order chi connectivity index (χ1) is 8.12.